The van der Waals surface area contributed by atoms with Crippen molar-refractivity contribution in [3.05, 3.63) is 121 Å². The van der Waals surface area contributed by atoms with E-state index in [0.717, 1.165) is 44.4 Å². The molecule has 0 N–H and O–H groups in total. The van der Waals surface area contributed by atoms with Crippen molar-refractivity contribution in [3.8, 4) is 45.2 Å². The molecule has 166 valence electrons. The van der Waals surface area contributed by atoms with Gasteiger partial charge in [0.15, 0.2) is 11.6 Å². The van der Waals surface area contributed by atoms with Gasteiger partial charge in [0.2, 0.25) is 5.28 Å². The Labute approximate surface area is 208 Å². The van der Waals surface area contributed by atoms with Crippen LogP contribution in [0.1, 0.15) is 0 Å². The Morgan fingerprint density at radius 2 is 1.06 bits per heavy atom. The summed E-state index contributed by atoms with van der Waals surface area (Å²) in [6, 6.07) is 38.6. The van der Waals surface area contributed by atoms with Crippen LogP contribution in [0, 0.1) is 0 Å². The van der Waals surface area contributed by atoms with Crippen molar-refractivity contribution in [3.63, 3.8) is 0 Å². The van der Waals surface area contributed by atoms with Crippen molar-refractivity contribution in [1.82, 2.24) is 19.9 Å². The molecule has 0 saturated carbocycles. The van der Waals surface area contributed by atoms with Crippen molar-refractivity contribution in [2.45, 2.75) is 0 Å². The number of aromatic nitrogens is 4. The Morgan fingerprint density at radius 1 is 0.429 bits per heavy atom. The maximum absolute atomic E-state index is 6.32. The van der Waals surface area contributed by atoms with Gasteiger partial charge in [-0.15, -0.1) is 0 Å². The molecule has 0 aliphatic rings. The molecule has 0 fully saturated rings. The van der Waals surface area contributed by atoms with Crippen LogP contribution in [0.15, 0.2) is 115 Å². The summed E-state index contributed by atoms with van der Waals surface area (Å²) in [5, 5.41) is 1.27. The van der Waals surface area contributed by atoms with E-state index in [-0.39, 0.29) is 5.28 Å². The Balaban J connectivity index is 1.35. The van der Waals surface area contributed by atoms with Crippen LogP contribution in [-0.4, -0.2) is 19.9 Å². The van der Waals surface area contributed by atoms with Crippen molar-refractivity contribution in [1.29, 1.82) is 0 Å². The molecule has 35 heavy (non-hydrogen) atoms. The molecular weight excluding hydrogens is 452 g/mol. The first-order valence-electron chi connectivity index (χ1n) is 11.3. The lowest BCUT2D eigenvalue weighted by Gasteiger charge is -2.08. The molecule has 0 aliphatic carbocycles. The number of hydrogen-bond acceptors (Lipinski definition) is 4. The number of benzene rings is 4. The molecule has 2 heterocycles. The van der Waals surface area contributed by atoms with Crippen molar-refractivity contribution in [2.75, 3.05) is 0 Å². The summed E-state index contributed by atoms with van der Waals surface area (Å²) in [5.41, 5.74) is 6.85. The second-order valence-corrected chi connectivity index (χ2v) is 8.50. The van der Waals surface area contributed by atoms with Gasteiger partial charge in [-0.3, -0.25) is 0 Å². The predicted molar refractivity (Wildman–Crippen MR) is 142 cm³/mol. The van der Waals surface area contributed by atoms with Gasteiger partial charge in [-0.25, -0.2) is 9.97 Å². The van der Waals surface area contributed by atoms with Crippen molar-refractivity contribution in [2.24, 2.45) is 0 Å². The summed E-state index contributed by atoms with van der Waals surface area (Å²) >= 11 is 6.32. The molecule has 0 atom stereocenters. The van der Waals surface area contributed by atoms with Gasteiger partial charge in [0, 0.05) is 22.1 Å². The van der Waals surface area contributed by atoms with Crippen LogP contribution >= 0.6 is 11.6 Å². The highest BCUT2D eigenvalue weighted by atomic mass is 35.5. The Hall–Kier alpha value is -4.41. The van der Waals surface area contributed by atoms with Crippen LogP contribution in [0.4, 0.5) is 0 Å². The van der Waals surface area contributed by atoms with Crippen LogP contribution in [0.2, 0.25) is 5.28 Å². The lowest BCUT2D eigenvalue weighted by atomic mass is 10.0. The quantitative estimate of drug-likeness (QED) is 0.264. The molecule has 0 bridgehead atoms. The molecule has 0 unspecified atom stereocenters. The number of rotatable bonds is 4. The lowest BCUT2D eigenvalue weighted by Crippen LogP contribution is -1.97. The van der Waals surface area contributed by atoms with E-state index in [1.807, 2.05) is 78.9 Å². The van der Waals surface area contributed by atoms with Crippen molar-refractivity contribution >= 4 is 22.5 Å². The van der Waals surface area contributed by atoms with Gasteiger partial charge in [0.1, 0.15) is 0 Å². The Kier molecular flexibility index (Phi) is 5.49. The molecular formula is C30H19ClN4. The van der Waals surface area contributed by atoms with E-state index in [4.69, 9.17) is 21.6 Å². The average molecular weight is 471 g/mol. The average Bonchev–Trinajstić information content (AvgIpc) is 2.93. The zero-order valence-electron chi connectivity index (χ0n) is 18.6. The minimum Gasteiger partial charge on any atom is -0.248 e. The smallest absolute Gasteiger partial charge is 0.226 e. The second kappa shape index (κ2) is 9.09. The van der Waals surface area contributed by atoms with Crippen LogP contribution in [-0.2, 0) is 0 Å². The molecule has 6 aromatic rings. The fourth-order valence-electron chi connectivity index (χ4n) is 4.10. The van der Waals surface area contributed by atoms with Gasteiger partial charge in [0.05, 0.1) is 11.2 Å². The molecule has 0 saturated heterocycles. The fraction of sp³-hybridized carbons (Fsp3) is 0. The highest BCUT2D eigenvalue weighted by molar-refractivity contribution is 6.28. The minimum atomic E-state index is 0.159. The van der Waals surface area contributed by atoms with Gasteiger partial charge in [-0.1, -0.05) is 97.1 Å². The lowest BCUT2D eigenvalue weighted by molar-refractivity contribution is 1.07. The second-order valence-electron chi connectivity index (χ2n) is 8.17. The highest BCUT2D eigenvalue weighted by Gasteiger charge is 2.11. The SMILES string of the molecule is Clc1nc(-c2ccc(-c3ccccc3)cc2)nc(-c2cccc(-c3ccc4ccccc4n3)c2)n1. The number of nitrogens with zero attached hydrogens (tertiary/aromatic N) is 4. The minimum absolute atomic E-state index is 0.159. The number of fused-ring (bicyclic) bond motifs is 1. The number of para-hydroxylation sites is 1. The van der Waals surface area contributed by atoms with E-state index in [1.54, 1.807) is 0 Å². The largest absolute Gasteiger partial charge is 0.248 e. The van der Waals surface area contributed by atoms with E-state index in [1.165, 1.54) is 0 Å². The topological polar surface area (TPSA) is 51.6 Å². The normalized spacial score (nSPS) is 11.0. The number of hydrogen-bond donors (Lipinski definition) is 0. The summed E-state index contributed by atoms with van der Waals surface area (Å²) in [5.74, 6) is 1.06. The summed E-state index contributed by atoms with van der Waals surface area (Å²) in [7, 11) is 0. The van der Waals surface area contributed by atoms with Crippen molar-refractivity contribution < 1.29 is 0 Å². The molecule has 4 aromatic carbocycles. The maximum atomic E-state index is 6.32. The fourth-order valence-corrected chi connectivity index (χ4v) is 4.26. The molecule has 0 radical (unpaired) electrons. The molecule has 6 rings (SSSR count). The number of halogens is 1. The van der Waals surface area contributed by atoms with E-state index in [2.05, 4.69) is 46.4 Å². The molecule has 5 heteroatoms. The van der Waals surface area contributed by atoms with Gasteiger partial charge in [-0.05, 0) is 40.9 Å². The zero-order chi connectivity index (χ0) is 23.6. The van der Waals surface area contributed by atoms with Crippen LogP contribution in [0.5, 0.6) is 0 Å². The van der Waals surface area contributed by atoms with E-state index < -0.39 is 0 Å². The molecule has 2 aromatic heterocycles. The van der Waals surface area contributed by atoms with Gasteiger partial charge < -0.3 is 0 Å². The molecule has 4 nitrogen and oxygen atoms in total. The third kappa shape index (κ3) is 4.39. The third-order valence-electron chi connectivity index (χ3n) is 5.87. The molecule has 0 aliphatic heterocycles. The third-order valence-corrected chi connectivity index (χ3v) is 6.04. The van der Waals surface area contributed by atoms with Crippen LogP contribution in [0.3, 0.4) is 0 Å². The summed E-state index contributed by atoms with van der Waals surface area (Å²) in [6.45, 7) is 0. The standard InChI is InChI=1S/C30H19ClN4/c31-30-34-28(23-15-13-21(14-16-23)20-7-2-1-3-8-20)33-29(35-30)25-11-6-10-24(19-25)27-18-17-22-9-4-5-12-26(22)32-27/h1-19H. The first kappa shape index (κ1) is 21.1. The summed E-state index contributed by atoms with van der Waals surface area (Å²) < 4.78 is 0. The first-order valence-corrected chi connectivity index (χ1v) is 11.6. The first-order chi connectivity index (χ1) is 17.2. The van der Waals surface area contributed by atoms with Gasteiger partial charge in [0.25, 0.3) is 0 Å². The monoisotopic (exact) mass is 470 g/mol. The predicted octanol–water partition coefficient (Wildman–Crippen LogP) is 7.74. The number of pyridine rings is 1. The zero-order valence-corrected chi connectivity index (χ0v) is 19.4. The maximum Gasteiger partial charge on any atom is 0.226 e. The van der Waals surface area contributed by atoms with E-state index >= 15 is 0 Å². The molecule has 0 amide bonds. The summed E-state index contributed by atoms with van der Waals surface area (Å²) in [6.07, 6.45) is 0. The van der Waals surface area contributed by atoms with Crippen LogP contribution < -0.4 is 0 Å². The Bertz CT molecular complexity index is 1650. The van der Waals surface area contributed by atoms with E-state index in [9.17, 15) is 0 Å². The van der Waals surface area contributed by atoms with Gasteiger partial charge in [-0.2, -0.15) is 9.97 Å². The van der Waals surface area contributed by atoms with Gasteiger partial charge >= 0.3 is 0 Å². The van der Waals surface area contributed by atoms with E-state index in [0.29, 0.717) is 11.6 Å². The Morgan fingerprint density at radius 3 is 1.89 bits per heavy atom. The summed E-state index contributed by atoms with van der Waals surface area (Å²) in [4.78, 5) is 18.3. The van der Waals surface area contributed by atoms with Crippen LogP contribution in [0.25, 0.3) is 56.1 Å². The molecule has 0 spiro atoms. The highest BCUT2D eigenvalue weighted by Crippen LogP contribution is 2.28.